The molecule has 0 aromatic heterocycles. The number of anilines is 1. The Morgan fingerprint density at radius 3 is 2.95 bits per heavy atom. The Balaban J connectivity index is 2.08. The molecule has 0 fully saturated rings. The number of para-hydroxylation sites is 1. The number of aryl methyl sites for hydroxylation is 1. The lowest BCUT2D eigenvalue weighted by Crippen LogP contribution is -2.42. The zero-order valence-electron chi connectivity index (χ0n) is 12.0. The first-order valence-electron chi connectivity index (χ1n) is 7.35. The van der Waals surface area contributed by atoms with E-state index in [0.717, 1.165) is 44.5 Å². The van der Waals surface area contributed by atoms with E-state index < -0.39 is 0 Å². The van der Waals surface area contributed by atoms with E-state index in [2.05, 4.69) is 37.4 Å². The lowest BCUT2D eigenvalue weighted by molar-refractivity contribution is 0.244. The molecule has 1 aliphatic heterocycles. The molecule has 3 heteroatoms. The van der Waals surface area contributed by atoms with Crippen molar-refractivity contribution in [1.82, 2.24) is 5.32 Å². The average molecular weight is 260 g/mol. The quantitative estimate of drug-likeness (QED) is 0.885. The van der Waals surface area contributed by atoms with Crippen LogP contribution in [0.25, 0.3) is 0 Å². The fourth-order valence-electron chi connectivity index (χ4n) is 2.40. The van der Waals surface area contributed by atoms with Crippen molar-refractivity contribution in [2.24, 2.45) is 5.92 Å². The molecule has 0 radical (unpaired) electrons. The van der Waals surface area contributed by atoms with Gasteiger partial charge in [0.15, 0.2) is 0 Å². The van der Waals surface area contributed by atoms with Crippen LogP contribution in [0.3, 0.4) is 0 Å². The van der Waals surface area contributed by atoms with Gasteiger partial charge in [-0.05, 0) is 36.8 Å². The molecule has 0 saturated heterocycles. The Hall–Kier alpha value is -1.51. The predicted molar refractivity (Wildman–Crippen MR) is 79.6 cm³/mol. The van der Waals surface area contributed by atoms with Gasteiger partial charge in [-0.1, -0.05) is 38.5 Å². The third kappa shape index (κ3) is 3.49. The number of amides is 2. The van der Waals surface area contributed by atoms with Crippen molar-refractivity contribution in [2.75, 3.05) is 18.0 Å². The summed E-state index contributed by atoms with van der Waals surface area (Å²) in [6.07, 6.45) is 4.40. The number of carbonyl (C=O) groups excluding carboxylic acids is 1. The van der Waals surface area contributed by atoms with Crippen LogP contribution >= 0.6 is 0 Å². The van der Waals surface area contributed by atoms with E-state index in [0.29, 0.717) is 5.92 Å². The maximum atomic E-state index is 12.3. The molecule has 1 heterocycles. The molecule has 1 N–H and O–H groups in total. The summed E-state index contributed by atoms with van der Waals surface area (Å²) < 4.78 is 0. The van der Waals surface area contributed by atoms with Crippen LogP contribution in [-0.4, -0.2) is 19.1 Å². The zero-order chi connectivity index (χ0) is 13.7. The van der Waals surface area contributed by atoms with Gasteiger partial charge in [-0.3, -0.25) is 4.90 Å². The Labute approximate surface area is 116 Å². The highest BCUT2D eigenvalue weighted by Crippen LogP contribution is 2.25. The van der Waals surface area contributed by atoms with Crippen molar-refractivity contribution < 1.29 is 4.79 Å². The van der Waals surface area contributed by atoms with Crippen LogP contribution in [0, 0.1) is 5.92 Å². The normalized spacial score (nSPS) is 16.4. The van der Waals surface area contributed by atoms with Crippen LogP contribution in [0.15, 0.2) is 24.3 Å². The Morgan fingerprint density at radius 1 is 1.37 bits per heavy atom. The SMILES string of the molecule is CCC(C)CNC(=O)N1CCCCc2ccccc21. The lowest BCUT2D eigenvalue weighted by Gasteiger charge is -2.24. The number of hydrogen-bond donors (Lipinski definition) is 1. The van der Waals surface area contributed by atoms with Crippen LogP contribution in [0.1, 0.15) is 38.7 Å². The number of nitrogens with zero attached hydrogens (tertiary/aromatic N) is 1. The van der Waals surface area contributed by atoms with Crippen LogP contribution in [0.2, 0.25) is 0 Å². The molecular weight excluding hydrogens is 236 g/mol. The molecule has 0 spiro atoms. The van der Waals surface area contributed by atoms with E-state index in [-0.39, 0.29) is 6.03 Å². The van der Waals surface area contributed by atoms with Gasteiger partial charge < -0.3 is 5.32 Å². The monoisotopic (exact) mass is 260 g/mol. The summed E-state index contributed by atoms with van der Waals surface area (Å²) in [6.45, 7) is 5.89. The highest BCUT2D eigenvalue weighted by molar-refractivity contribution is 5.92. The Morgan fingerprint density at radius 2 is 2.16 bits per heavy atom. The molecule has 1 aromatic rings. The second-order valence-electron chi connectivity index (χ2n) is 5.44. The first kappa shape index (κ1) is 13.9. The number of rotatable bonds is 3. The minimum Gasteiger partial charge on any atom is -0.337 e. The predicted octanol–water partition coefficient (Wildman–Crippen LogP) is 3.59. The molecule has 0 bridgehead atoms. The summed E-state index contributed by atoms with van der Waals surface area (Å²) >= 11 is 0. The number of carbonyl (C=O) groups is 1. The molecule has 0 saturated carbocycles. The number of hydrogen-bond acceptors (Lipinski definition) is 1. The van der Waals surface area contributed by atoms with Crippen molar-refractivity contribution in [3.63, 3.8) is 0 Å². The number of fused-ring (bicyclic) bond motifs is 1. The fraction of sp³-hybridized carbons (Fsp3) is 0.562. The third-order valence-electron chi connectivity index (χ3n) is 3.90. The minimum atomic E-state index is 0.0506. The zero-order valence-corrected chi connectivity index (χ0v) is 12.0. The van der Waals surface area contributed by atoms with Crippen molar-refractivity contribution in [3.05, 3.63) is 29.8 Å². The molecule has 19 heavy (non-hydrogen) atoms. The number of urea groups is 1. The van der Waals surface area contributed by atoms with Gasteiger partial charge in [0, 0.05) is 18.8 Å². The van der Waals surface area contributed by atoms with E-state index in [4.69, 9.17) is 0 Å². The van der Waals surface area contributed by atoms with Crippen LogP contribution in [0.5, 0.6) is 0 Å². The molecule has 2 rings (SSSR count). The van der Waals surface area contributed by atoms with Crippen LogP contribution in [0.4, 0.5) is 10.5 Å². The summed E-state index contributed by atoms with van der Waals surface area (Å²) in [4.78, 5) is 14.3. The van der Waals surface area contributed by atoms with Crippen molar-refractivity contribution in [1.29, 1.82) is 0 Å². The molecule has 1 atom stereocenters. The van der Waals surface area contributed by atoms with E-state index in [1.54, 1.807) is 0 Å². The van der Waals surface area contributed by atoms with Crippen molar-refractivity contribution in [2.45, 2.75) is 39.5 Å². The average Bonchev–Trinajstić information content (AvgIpc) is 2.66. The molecule has 3 nitrogen and oxygen atoms in total. The van der Waals surface area contributed by atoms with E-state index >= 15 is 0 Å². The second kappa shape index (κ2) is 6.60. The van der Waals surface area contributed by atoms with Gasteiger partial charge in [0.05, 0.1) is 0 Å². The lowest BCUT2D eigenvalue weighted by atomic mass is 10.1. The number of benzene rings is 1. The van der Waals surface area contributed by atoms with Gasteiger partial charge in [0.2, 0.25) is 0 Å². The smallest absolute Gasteiger partial charge is 0.321 e. The van der Waals surface area contributed by atoms with E-state index in [9.17, 15) is 4.79 Å². The molecule has 104 valence electrons. The minimum absolute atomic E-state index is 0.0506. The first-order valence-corrected chi connectivity index (χ1v) is 7.35. The largest absolute Gasteiger partial charge is 0.337 e. The van der Waals surface area contributed by atoms with Gasteiger partial charge in [-0.25, -0.2) is 4.79 Å². The molecule has 1 aromatic carbocycles. The standard InChI is InChI=1S/C16H24N2O/c1-3-13(2)12-17-16(19)18-11-7-6-9-14-8-4-5-10-15(14)18/h4-5,8,10,13H,3,6-7,9,11-12H2,1-2H3,(H,17,19). The summed E-state index contributed by atoms with van der Waals surface area (Å²) in [7, 11) is 0. The topological polar surface area (TPSA) is 32.3 Å². The van der Waals surface area contributed by atoms with Gasteiger partial charge in [0.1, 0.15) is 0 Å². The maximum Gasteiger partial charge on any atom is 0.321 e. The fourth-order valence-corrected chi connectivity index (χ4v) is 2.40. The third-order valence-corrected chi connectivity index (χ3v) is 3.90. The Bertz CT molecular complexity index is 431. The van der Waals surface area contributed by atoms with Crippen molar-refractivity contribution in [3.8, 4) is 0 Å². The molecular formula is C16H24N2O. The maximum absolute atomic E-state index is 12.3. The highest BCUT2D eigenvalue weighted by atomic mass is 16.2. The molecule has 1 unspecified atom stereocenters. The molecule has 1 aliphatic rings. The van der Waals surface area contributed by atoms with Gasteiger partial charge in [0.25, 0.3) is 0 Å². The summed E-state index contributed by atoms with van der Waals surface area (Å²) in [6, 6.07) is 8.31. The Kier molecular flexibility index (Phi) is 4.83. The van der Waals surface area contributed by atoms with Gasteiger partial charge in [-0.15, -0.1) is 0 Å². The molecule has 2 amide bonds. The van der Waals surface area contributed by atoms with Crippen LogP contribution < -0.4 is 10.2 Å². The van der Waals surface area contributed by atoms with E-state index in [1.807, 2.05) is 11.0 Å². The summed E-state index contributed by atoms with van der Waals surface area (Å²) in [5.74, 6) is 0.533. The first-order chi connectivity index (χ1) is 9.22. The highest BCUT2D eigenvalue weighted by Gasteiger charge is 2.20. The molecule has 0 aliphatic carbocycles. The number of nitrogens with one attached hydrogen (secondary N) is 1. The summed E-state index contributed by atoms with van der Waals surface area (Å²) in [5.41, 5.74) is 2.38. The van der Waals surface area contributed by atoms with Crippen LogP contribution in [-0.2, 0) is 6.42 Å². The summed E-state index contributed by atoms with van der Waals surface area (Å²) in [5, 5.41) is 3.06. The van der Waals surface area contributed by atoms with Gasteiger partial charge in [-0.2, -0.15) is 0 Å². The van der Waals surface area contributed by atoms with Gasteiger partial charge >= 0.3 is 6.03 Å². The van der Waals surface area contributed by atoms with Crippen molar-refractivity contribution >= 4 is 11.7 Å². The van der Waals surface area contributed by atoms with E-state index in [1.165, 1.54) is 5.56 Å². The second-order valence-corrected chi connectivity index (χ2v) is 5.44.